The number of hydrogen-bond donors (Lipinski definition) is 0. The molecule has 3 heterocycles. The zero-order chi connectivity index (χ0) is 21.2. The summed E-state index contributed by atoms with van der Waals surface area (Å²) in [6, 6.07) is 6.68. The van der Waals surface area contributed by atoms with E-state index in [1.165, 1.54) is 35.2 Å². The van der Waals surface area contributed by atoms with Gasteiger partial charge in [0.15, 0.2) is 0 Å². The second-order valence-electron chi connectivity index (χ2n) is 8.67. The average molecular weight is 416 g/mol. The molecule has 1 amide bonds. The Hall–Kier alpha value is -3.15. The third-order valence-electron chi connectivity index (χ3n) is 6.51. The number of allylic oxidation sites excluding steroid dienone is 3. The third kappa shape index (κ3) is 4.20. The summed E-state index contributed by atoms with van der Waals surface area (Å²) in [5.74, 6) is 0.683. The molecule has 5 rings (SSSR count). The fourth-order valence-corrected chi connectivity index (χ4v) is 4.61. The van der Waals surface area contributed by atoms with Gasteiger partial charge in [0.2, 0.25) is 5.95 Å². The molecule has 3 aliphatic rings. The van der Waals surface area contributed by atoms with Crippen molar-refractivity contribution in [2.45, 2.75) is 32.2 Å². The predicted octanol–water partition coefficient (Wildman–Crippen LogP) is 3.20. The molecule has 0 unspecified atom stereocenters. The van der Waals surface area contributed by atoms with Gasteiger partial charge in [-0.2, -0.15) is 0 Å². The Morgan fingerprint density at radius 3 is 2.39 bits per heavy atom. The molecule has 160 valence electrons. The lowest BCUT2D eigenvalue weighted by molar-refractivity contribution is 0.0784. The Morgan fingerprint density at radius 1 is 1.00 bits per heavy atom. The Bertz CT molecular complexity index is 1020. The fourth-order valence-electron chi connectivity index (χ4n) is 4.61. The highest BCUT2D eigenvalue weighted by atomic mass is 16.2. The number of hydrogen-bond acceptors (Lipinski definition) is 5. The molecule has 2 aromatic rings. The van der Waals surface area contributed by atoms with Crippen molar-refractivity contribution in [3.63, 3.8) is 0 Å². The zero-order valence-electron chi connectivity index (χ0n) is 18.1. The van der Waals surface area contributed by atoms with E-state index in [1.807, 2.05) is 7.05 Å². The molecular weight excluding hydrogens is 386 g/mol. The van der Waals surface area contributed by atoms with Gasteiger partial charge in [-0.15, -0.1) is 0 Å². The maximum absolute atomic E-state index is 12.9. The van der Waals surface area contributed by atoms with Crippen LogP contribution in [0.2, 0.25) is 0 Å². The van der Waals surface area contributed by atoms with E-state index in [-0.39, 0.29) is 5.91 Å². The Labute approximate surface area is 183 Å². The Kier molecular flexibility index (Phi) is 5.45. The van der Waals surface area contributed by atoms with E-state index in [0.717, 1.165) is 45.0 Å². The van der Waals surface area contributed by atoms with Gasteiger partial charge in [0.25, 0.3) is 5.91 Å². The molecule has 1 aromatic heterocycles. The van der Waals surface area contributed by atoms with Gasteiger partial charge < -0.3 is 14.7 Å². The first-order valence-corrected chi connectivity index (χ1v) is 11.2. The quantitative estimate of drug-likeness (QED) is 0.751. The number of amides is 1. The van der Waals surface area contributed by atoms with Gasteiger partial charge >= 0.3 is 0 Å². The number of aromatic nitrogens is 2. The monoisotopic (exact) mass is 415 g/mol. The van der Waals surface area contributed by atoms with Crippen LogP contribution in [-0.2, 0) is 19.4 Å². The van der Waals surface area contributed by atoms with Crippen LogP contribution < -0.4 is 4.90 Å². The van der Waals surface area contributed by atoms with Crippen LogP contribution in [0.4, 0.5) is 5.95 Å². The molecule has 0 bridgehead atoms. The first kappa shape index (κ1) is 19.8. The minimum absolute atomic E-state index is 0.0437. The second-order valence-corrected chi connectivity index (χ2v) is 8.67. The summed E-state index contributed by atoms with van der Waals surface area (Å²) < 4.78 is 0. The molecule has 6 nitrogen and oxygen atoms in total. The summed E-state index contributed by atoms with van der Waals surface area (Å²) in [6.07, 6.45) is 14.3. The van der Waals surface area contributed by atoms with Crippen LogP contribution >= 0.6 is 0 Å². The van der Waals surface area contributed by atoms with Gasteiger partial charge in [-0.3, -0.25) is 4.79 Å². The van der Waals surface area contributed by atoms with Gasteiger partial charge in [0, 0.05) is 57.9 Å². The van der Waals surface area contributed by atoms with Gasteiger partial charge in [-0.25, -0.2) is 9.97 Å². The van der Waals surface area contributed by atoms with Gasteiger partial charge in [0.05, 0.1) is 5.56 Å². The minimum atomic E-state index is -0.0437. The van der Waals surface area contributed by atoms with Crippen molar-refractivity contribution < 1.29 is 4.79 Å². The van der Waals surface area contributed by atoms with Crippen LogP contribution in [-0.4, -0.2) is 58.9 Å². The average Bonchev–Trinajstić information content (AvgIpc) is 3.22. The van der Waals surface area contributed by atoms with Gasteiger partial charge in [-0.05, 0) is 54.5 Å². The highest BCUT2D eigenvalue weighted by molar-refractivity contribution is 5.93. The lowest BCUT2D eigenvalue weighted by Gasteiger charge is -2.26. The van der Waals surface area contributed by atoms with Crippen LogP contribution in [0.25, 0.3) is 0 Å². The number of carbonyl (C=O) groups is 1. The van der Waals surface area contributed by atoms with E-state index < -0.39 is 0 Å². The zero-order valence-corrected chi connectivity index (χ0v) is 18.1. The molecule has 0 saturated carbocycles. The lowest BCUT2D eigenvalue weighted by atomic mass is 10.00. The molecule has 2 aliphatic heterocycles. The molecule has 6 heteroatoms. The van der Waals surface area contributed by atoms with Crippen molar-refractivity contribution in [2.24, 2.45) is 0 Å². The number of rotatable bonds is 5. The van der Waals surface area contributed by atoms with Crippen molar-refractivity contribution in [3.8, 4) is 0 Å². The van der Waals surface area contributed by atoms with Crippen molar-refractivity contribution in [1.29, 1.82) is 0 Å². The largest absolute Gasteiger partial charge is 0.371 e. The van der Waals surface area contributed by atoms with E-state index in [1.54, 1.807) is 17.3 Å². The number of nitrogens with zero attached hydrogens (tertiary/aromatic N) is 5. The van der Waals surface area contributed by atoms with Crippen LogP contribution in [0.5, 0.6) is 0 Å². The fraction of sp³-hybridized carbons (Fsp3) is 0.400. The van der Waals surface area contributed by atoms with Crippen LogP contribution in [0.3, 0.4) is 0 Å². The molecule has 0 N–H and O–H groups in total. The van der Waals surface area contributed by atoms with Gasteiger partial charge in [-0.1, -0.05) is 24.3 Å². The molecule has 0 spiro atoms. The van der Waals surface area contributed by atoms with E-state index in [4.69, 9.17) is 0 Å². The molecule has 1 fully saturated rings. The maximum atomic E-state index is 12.9. The maximum Gasteiger partial charge on any atom is 0.257 e. The summed E-state index contributed by atoms with van der Waals surface area (Å²) in [7, 11) is 1.85. The third-order valence-corrected chi connectivity index (χ3v) is 6.51. The molecule has 0 radical (unpaired) electrons. The normalized spacial score (nSPS) is 17.6. The number of carbonyl (C=O) groups excluding carboxylic acids is 1. The highest BCUT2D eigenvalue weighted by Gasteiger charge is 2.19. The minimum Gasteiger partial charge on any atom is -0.371 e. The Balaban J connectivity index is 1.22. The van der Waals surface area contributed by atoms with Crippen molar-refractivity contribution in [2.75, 3.05) is 38.1 Å². The van der Waals surface area contributed by atoms with E-state index >= 15 is 0 Å². The summed E-state index contributed by atoms with van der Waals surface area (Å²) in [6.45, 7) is 4.68. The van der Waals surface area contributed by atoms with E-state index in [2.05, 4.69) is 56.2 Å². The van der Waals surface area contributed by atoms with Crippen LogP contribution in [0.1, 0.15) is 39.9 Å². The van der Waals surface area contributed by atoms with Crippen molar-refractivity contribution in [1.82, 2.24) is 19.8 Å². The smallest absolute Gasteiger partial charge is 0.257 e. The topological polar surface area (TPSA) is 52.6 Å². The second kappa shape index (κ2) is 8.53. The first-order valence-electron chi connectivity index (χ1n) is 11.2. The highest BCUT2D eigenvalue weighted by Crippen LogP contribution is 2.23. The number of benzene rings is 1. The summed E-state index contributed by atoms with van der Waals surface area (Å²) in [4.78, 5) is 28.1. The summed E-state index contributed by atoms with van der Waals surface area (Å²) in [5, 5.41) is 0. The van der Waals surface area contributed by atoms with Crippen molar-refractivity contribution >= 4 is 11.9 Å². The van der Waals surface area contributed by atoms with Crippen LogP contribution in [0.15, 0.2) is 54.5 Å². The number of fused-ring (bicyclic) bond motifs is 1. The first-order chi connectivity index (χ1) is 15.2. The number of anilines is 1. The summed E-state index contributed by atoms with van der Waals surface area (Å²) in [5.41, 5.74) is 5.88. The van der Waals surface area contributed by atoms with Gasteiger partial charge in [0.1, 0.15) is 0 Å². The Morgan fingerprint density at radius 2 is 1.71 bits per heavy atom. The van der Waals surface area contributed by atoms with Crippen molar-refractivity contribution in [3.05, 3.63) is 76.8 Å². The van der Waals surface area contributed by atoms with E-state index in [9.17, 15) is 4.79 Å². The lowest BCUT2D eigenvalue weighted by Crippen LogP contribution is -2.27. The molecule has 0 atom stereocenters. The van der Waals surface area contributed by atoms with Crippen LogP contribution in [0, 0.1) is 0 Å². The molecule has 1 saturated heterocycles. The van der Waals surface area contributed by atoms with E-state index in [0.29, 0.717) is 12.1 Å². The molecular formula is C25H29N5O. The summed E-state index contributed by atoms with van der Waals surface area (Å²) >= 11 is 0. The molecule has 31 heavy (non-hydrogen) atoms. The molecule has 1 aromatic carbocycles. The SMILES string of the molecule is CN(Cc1ccc2c(c1)CCN(C1=CC=C1)CC2)C(=O)c1cnc(N2CCCC2)nc1. The predicted molar refractivity (Wildman–Crippen MR) is 122 cm³/mol. The molecule has 1 aliphatic carbocycles. The standard InChI is InChI=1S/C25H29N5O/c1-28(24(31)22-16-26-25(27-17-22)30-11-2-3-12-30)18-19-7-8-20-9-13-29(23-5-4-6-23)14-10-21(20)15-19/h4-8,15-17H,2-3,9-14,18H2,1H3.